The SMILES string of the molecule is O=C1C[C@@H](C(=O)N2CCN(C(=O)c3ccccc3Cl)CC2)CN1CCc1ccccc1. The average molecular weight is 440 g/mol. The maximum absolute atomic E-state index is 13.0. The first-order valence-corrected chi connectivity index (χ1v) is 11.0. The minimum atomic E-state index is -0.297. The van der Waals surface area contributed by atoms with Gasteiger partial charge in [0, 0.05) is 45.7 Å². The molecule has 0 unspecified atom stereocenters. The van der Waals surface area contributed by atoms with Crippen LogP contribution in [-0.2, 0) is 16.0 Å². The lowest BCUT2D eigenvalue weighted by molar-refractivity contribution is -0.137. The monoisotopic (exact) mass is 439 g/mol. The lowest BCUT2D eigenvalue weighted by Crippen LogP contribution is -2.52. The standard InChI is InChI=1S/C24H26ClN3O3/c25-21-9-5-4-8-20(21)24(31)27-14-12-26(13-15-27)23(30)19-16-22(29)28(17-19)11-10-18-6-2-1-3-7-18/h1-9,19H,10-17H2/t19-/m1/s1. The zero-order valence-corrected chi connectivity index (χ0v) is 18.1. The van der Waals surface area contributed by atoms with Crippen molar-refractivity contribution in [3.8, 4) is 0 Å². The number of benzene rings is 2. The van der Waals surface area contributed by atoms with Gasteiger partial charge in [-0.05, 0) is 24.1 Å². The zero-order valence-electron chi connectivity index (χ0n) is 17.4. The van der Waals surface area contributed by atoms with Crippen LogP contribution in [0, 0.1) is 5.92 Å². The number of carbonyl (C=O) groups excluding carboxylic acids is 3. The summed E-state index contributed by atoms with van der Waals surface area (Å²) in [6, 6.07) is 17.1. The Hall–Kier alpha value is -2.86. The molecular formula is C24H26ClN3O3. The molecule has 0 N–H and O–H groups in total. The largest absolute Gasteiger partial charge is 0.342 e. The van der Waals surface area contributed by atoms with E-state index in [0.717, 1.165) is 6.42 Å². The Kier molecular flexibility index (Phi) is 6.56. The van der Waals surface area contributed by atoms with Gasteiger partial charge in [-0.1, -0.05) is 54.1 Å². The van der Waals surface area contributed by atoms with Crippen molar-refractivity contribution in [3.63, 3.8) is 0 Å². The molecule has 0 bridgehead atoms. The van der Waals surface area contributed by atoms with Gasteiger partial charge < -0.3 is 14.7 Å². The van der Waals surface area contributed by atoms with Gasteiger partial charge in [-0.2, -0.15) is 0 Å². The van der Waals surface area contributed by atoms with Crippen LogP contribution >= 0.6 is 11.6 Å². The molecule has 0 spiro atoms. The van der Waals surface area contributed by atoms with Crippen LogP contribution in [0.2, 0.25) is 5.02 Å². The lowest BCUT2D eigenvalue weighted by atomic mass is 10.1. The van der Waals surface area contributed by atoms with Crippen molar-refractivity contribution in [2.75, 3.05) is 39.3 Å². The Morgan fingerprint density at radius 1 is 0.903 bits per heavy atom. The van der Waals surface area contributed by atoms with E-state index in [0.29, 0.717) is 49.9 Å². The first kappa shape index (κ1) is 21.4. The molecule has 1 atom stereocenters. The molecule has 2 aliphatic rings. The number of rotatable bonds is 5. The molecule has 4 rings (SSSR count). The lowest BCUT2D eigenvalue weighted by Gasteiger charge is -2.36. The third-order valence-electron chi connectivity index (χ3n) is 6.06. The van der Waals surface area contributed by atoms with Crippen molar-refractivity contribution in [2.24, 2.45) is 5.92 Å². The van der Waals surface area contributed by atoms with E-state index >= 15 is 0 Å². The minimum absolute atomic E-state index is 0.0143. The Morgan fingerprint density at radius 3 is 2.26 bits per heavy atom. The van der Waals surface area contributed by atoms with Crippen molar-refractivity contribution >= 4 is 29.3 Å². The number of halogens is 1. The van der Waals surface area contributed by atoms with E-state index in [1.165, 1.54) is 5.56 Å². The fourth-order valence-electron chi connectivity index (χ4n) is 4.26. The summed E-state index contributed by atoms with van der Waals surface area (Å²) < 4.78 is 0. The van der Waals surface area contributed by atoms with Gasteiger partial charge in [0.2, 0.25) is 11.8 Å². The second kappa shape index (κ2) is 9.52. The number of piperazine rings is 1. The molecule has 31 heavy (non-hydrogen) atoms. The van der Waals surface area contributed by atoms with Crippen molar-refractivity contribution in [3.05, 3.63) is 70.7 Å². The molecule has 162 valence electrons. The summed E-state index contributed by atoms with van der Waals surface area (Å²) in [5, 5.41) is 0.436. The summed E-state index contributed by atoms with van der Waals surface area (Å²) in [4.78, 5) is 43.4. The predicted molar refractivity (Wildman–Crippen MR) is 119 cm³/mol. The van der Waals surface area contributed by atoms with Crippen molar-refractivity contribution in [2.45, 2.75) is 12.8 Å². The van der Waals surface area contributed by atoms with Crippen LogP contribution in [0.25, 0.3) is 0 Å². The van der Waals surface area contributed by atoms with E-state index in [9.17, 15) is 14.4 Å². The highest BCUT2D eigenvalue weighted by Crippen LogP contribution is 2.22. The van der Waals surface area contributed by atoms with E-state index in [2.05, 4.69) is 0 Å². The van der Waals surface area contributed by atoms with E-state index in [1.54, 1.807) is 39.0 Å². The first-order chi connectivity index (χ1) is 15.0. The molecular weight excluding hydrogens is 414 g/mol. The van der Waals surface area contributed by atoms with Gasteiger partial charge in [0.25, 0.3) is 5.91 Å². The van der Waals surface area contributed by atoms with Gasteiger partial charge in [-0.15, -0.1) is 0 Å². The molecule has 0 aliphatic carbocycles. The number of amides is 3. The van der Waals surface area contributed by atoms with Crippen molar-refractivity contribution in [1.29, 1.82) is 0 Å². The molecule has 2 aromatic carbocycles. The molecule has 2 aliphatic heterocycles. The smallest absolute Gasteiger partial charge is 0.255 e. The number of likely N-dealkylation sites (tertiary alicyclic amines) is 1. The molecule has 2 saturated heterocycles. The van der Waals surface area contributed by atoms with Crippen LogP contribution in [0.1, 0.15) is 22.3 Å². The topological polar surface area (TPSA) is 60.9 Å². The minimum Gasteiger partial charge on any atom is -0.342 e. The Balaban J connectivity index is 1.28. The number of hydrogen-bond donors (Lipinski definition) is 0. The molecule has 0 radical (unpaired) electrons. The summed E-state index contributed by atoms with van der Waals surface area (Å²) >= 11 is 6.15. The normalized spacial score (nSPS) is 19.1. The van der Waals surface area contributed by atoms with Gasteiger partial charge in [0.15, 0.2) is 0 Å². The molecule has 7 heteroatoms. The summed E-state index contributed by atoms with van der Waals surface area (Å²) in [7, 11) is 0. The van der Waals surface area contributed by atoms with Gasteiger partial charge in [0.1, 0.15) is 0 Å². The summed E-state index contributed by atoms with van der Waals surface area (Å²) in [5.41, 5.74) is 1.67. The quantitative estimate of drug-likeness (QED) is 0.719. The highest BCUT2D eigenvalue weighted by molar-refractivity contribution is 6.33. The van der Waals surface area contributed by atoms with Crippen LogP contribution in [-0.4, -0.2) is 71.7 Å². The number of hydrogen-bond acceptors (Lipinski definition) is 3. The van der Waals surface area contributed by atoms with Gasteiger partial charge in [0.05, 0.1) is 16.5 Å². The maximum Gasteiger partial charge on any atom is 0.255 e. The molecule has 6 nitrogen and oxygen atoms in total. The van der Waals surface area contributed by atoms with Crippen LogP contribution in [0.15, 0.2) is 54.6 Å². The Bertz CT molecular complexity index is 958. The molecule has 0 saturated carbocycles. The molecule has 3 amide bonds. The average Bonchev–Trinajstić information content (AvgIpc) is 3.18. The summed E-state index contributed by atoms with van der Waals surface area (Å²) in [6.07, 6.45) is 1.06. The Labute approximate surface area is 187 Å². The second-order valence-electron chi connectivity index (χ2n) is 8.07. The third-order valence-corrected chi connectivity index (χ3v) is 6.39. The predicted octanol–water partition coefficient (Wildman–Crippen LogP) is 2.72. The van der Waals surface area contributed by atoms with Gasteiger partial charge >= 0.3 is 0 Å². The Morgan fingerprint density at radius 2 is 1.55 bits per heavy atom. The van der Waals surface area contributed by atoms with Crippen molar-refractivity contribution < 1.29 is 14.4 Å². The van der Waals surface area contributed by atoms with E-state index < -0.39 is 0 Å². The second-order valence-corrected chi connectivity index (χ2v) is 8.48. The first-order valence-electron chi connectivity index (χ1n) is 10.7. The number of carbonyl (C=O) groups is 3. The maximum atomic E-state index is 13.0. The molecule has 0 aromatic heterocycles. The molecule has 2 fully saturated rings. The summed E-state index contributed by atoms with van der Waals surface area (Å²) in [5.74, 6) is -0.350. The fourth-order valence-corrected chi connectivity index (χ4v) is 4.47. The third kappa shape index (κ3) is 4.90. The van der Waals surface area contributed by atoms with E-state index in [1.807, 2.05) is 30.3 Å². The van der Waals surface area contributed by atoms with E-state index in [4.69, 9.17) is 11.6 Å². The molecule has 2 aromatic rings. The van der Waals surface area contributed by atoms with Crippen LogP contribution < -0.4 is 0 Å². The highest BCUT2D eigenvalue weighted by atomic mass is 35.5. The van der Waals surface area contributed by atoms with E-state index in [-0.39, 0.29) is 30.1 Å². The van der Waals surface area contributed by atoms with Crippen LogP contribution in [0.3, 0.4) is 0 Å². The van der Waals surface area contributed by atoms with Gasteiger partial charge in [-0.25, -0.2) is 0 Å². The van der Waals surface area contributed by atoms with Crippen LogP contribution in [0.5, 0.6) is 0 Å². The zero-order chi connectivity index (χ0) is 21.8. The highest BCUT2D eigenvalue weighted by Gasteiger charge is 2.37. The van der Waals surface area contributed by atoms with Crippen LogP contribution in [0.4, 0.5) is 0 Å². The summed E-state index contributed by atoms with van der Waals surface area (Å²) in [6.45, 7) is 2.99. The van der Waals surface area contributed by atoms with Gasteiger partial charge in [-0.3, -0.25) is 14.4 Å². The van der Waals surface area contributed by atoms with Crippen molar-refractivity contribution in [1.82, 2.24) is 14.7 Å². The fraction of sp³-hybridized carbons (Fsp3) is 0.375. The number of nitrogens with zero attached hydrogens (tertiary/aromatic N) is 3. The molecule has 2 heterocycles.